The van der Waals surface area contributed by atoms with Gasteiger partial charge in [-0.15, -0.1) is 0 Å². The van der Waals surface area contributed by atoms with E-state index in [2.05, 4.69) is 12.2 Å². The molecule has 0 aromatic heterocycles. The molecule has 102 valence electrons. The van der Waals surface area contributed by atoms with Gasteiger partial charge in [0.25, 0.3) is 0 Å². The Kier molecular flexibility index (Phi) is 2.14. The largest absolute Gasteiger partial charge is 0.274 e. The topological polar surface area (TPSA) is 37.4 Å². The summed E-state index contributed by atoms with van der Waals surface area (Å²) in [5.74, 6) is 0.278. The van der Waals surface area contributed by atoms with Gasteiger partial charge in [0.2, 0.25) is 11.8 Å². The predicted octanol–water partition coefficient (Wildman–Crippen LogP) is 2.70. The van der Waals surface area contributed by atoms with Gasteiger partial charge in [-0.25, -0.2) is 4.90 Å². The number of nitrogens with zero attached hydrogens (tertiary/aromatic N) is 1. The van der Waals surface area contributed by atoms with Crippen LogP contribution in [0.4, 0.5) is 5.69 Å². The Labute approximate surface area is 118 Å². The minimum atomic E-state index is -0.528. The van der Waals surface area contributed by atoms with Crippen molar-refractivity contribution in [3.8, 4) is 0 Å². The minimum Gasteiger partial charge on any atom is -0.274 e. The number of amides is 2. The summed E-state index contributed by atoms with van der Waals surface area (Å²) in [6, 6.07) is 7.63. The maximum absolute atomic E-state index is 12.9. The number of carbonyl (C=O) groups is 2. The number of hydrogen-bond donors (Lipinski definition) is 0. The molecule has 2 aliphatic carbocycles. The Morgan fingerprint density at radius 1 is 1.25 bits per heavy atom. The molecule has 1 heterocycles. The lowest BCUT2D eigenvalue weighted by atomic mass is 9.71. The van der Waals surface area contributed by atoms with Crippen LogP contribution in [0.25, 0.3) is 0 Å². The zero-order valence-corrected chi connectivity index (χ0v) is 11.7. The standard InChI is InChI=1S/C17H17NO2/c1-10-4-3-5-13(8-10)18-15(19)14-11-6-7-12(9-11)17(14,2)16(18)20/h3-8,11-12,14H,9H2,1-2H3/t11-,12-,14+,17+/m1/s1. The number of carbonyl (C=O) groups excluding carboxylic acids is 2. The van der Waals surface area contributed by atoms with Gasteiger partial charge >= 0.3 is 0 Å². The molecule has 3 nitrogen and oxygen atoms in total. The summed E-state index contributed by atoms with van der Waals surface area (Å²) in [5, 5.41) is 0. The second-order valence-corrected chi connectivity index (χ2v) is 6.47. The molecule has 4 atom stereocenters. The minimum absolute atomic E-state index is 0.0139. The molecule has 3 heteroatoms. The molecule has 1 aromatic carbocycles. The Morgan fingerprint density at radius 2 is 2.05 bits per heavy atom. The van der Waals surface area contributed by atoms with Gasteiger partial charge in [0, 0.05) is 0 Å². The SMILES string of the molecule is Cc1cccc(N2C(=O)[C@@H]3[C@@H]4C=C[C@H](C4)[C@]3(C)C2=O)c1. The van der Waals surface area contributed by atoms with Crippen molar-refractivity contribution in [2.45, 2.75) is 20.3 Å². The highest BCUT2D eigenvalue weighted by molar-refractivity contribution is 6.24. The number of rotatable bonds is 1. The fourth-order valence-electron chi connectivity index (χ4n) is 4.32. The third kappa shape index (κ3) is 1.21. The molecule has 1 aromatic rings. The van der Waals surface area contributed by atoms with Gasteiger partial charge in [-0.3, -0.25) is 9.59 Å². The Morgan fingerprint density at radius 3 is 2.75 bits per heavy atom. The van der Waals surface area contributed by atoms with Gasteiger partial charge in [-0.2, -0.15) is 0 Å². The fraction of sp³-hybridized carbons (Fsp3) is 0.412. The van der Waals surface area contributed by atoms with Crippen LogP contribution in [0.15, 0.2) is 36.4 Å². The highest BCUT2D eigenvalue weighted by atomic mass is 16.2. The number of anilines is 1. The smallest absolute Gasteiger partial charge is 0.241 e. The van der Waals surface area contributed by atoms with E-state index >= 15 is 0 Å². The van der Waals surface area contributed by atoms with Crippen molar-refractivity contribution in [2.24, 2.45) is 23.2 Å². The summed E-state index contributed by atoms with van der Waals surface area (Å²) >= 11 is 0. The average Bonchev–Trinajstić information content (AvgIpc) is 3.03. The van der Waals surface area contributed by atoms with Crippen molar-refractivity contribution in [1.29, 1.82) is 0 Å². The summed E-state index contributed by atoms with van der Waals surface area (Å²) in [6.45, 7) is 3.95. The highest BCUT2D eigenvalue weighted by Crippen LogP contribution is 2.60. The van der Waals surface area contributed by atoms with Crippen LogP contribution >= 0.6 is 0 Å². The Hall–Kier alpha value is -1.90. The van der Waals surface area contributed by atoms with Crippen LogP contribution in [0, 0.1) is 30.1 Å². The lowest BCUT2D eigenvalue weighted by Crippen LogP contribution is -2.37. The second-order valence-electron chi connectivity index (χ2n) is 6.47. The lowest BCUT2D eigenvalue weighted by Gasteiger charge is -2.28. The van der Waals surface area contributed by atoms with E-state index in [1.165, 1.54) is 4.90 Å². The van der Waals surface area contributed by atoms with Crippen molar-refractivity contribution in [3.05, 3.63) is 42.0 Å². The number of aryl methyl sites for hydroxylation is 1. The summed E-state index contributed by atoms with van der Waals surface area (Å²) in [6.07, 6.45) is 5.22. The van der Waals surface area contributed by atoms with Crippen LogP contribution in [-0.2, 0) is 9.59 Å². The van der Waals surface area contributed by atoms with Gasteiger partial charge in [0.15, 0.2) is 0 Å². The van der Waals surface area contributed by atoms with E-state index in [0.29, 0.717) is 0 Å². The van der Waals surface area contributed by atoms with Crippen LogP contribution in [0.5, 0.6) is 0 Å². The summed E-state index contributed by atoms with van der Waals surface area (Å²) in [4.78, 5) is 27.1. The van der Waals surface area contributed by atoms with Crippen LogP contribution in [0.1, 0.15) is 18.9 Å². The molecule has 2 bridgehead atoms. The van der Waals surface area contributed by atoms with Gasteiger partial charge in [0.05, 0.1) is 17.0 Å². The quantitative estimate of drug-likeness (QED) is 0.579. The van der Waals surface area contributed by atoms with E-state index in [1.54, 1.807) is 0 Å². The Balaban J connectivity index is 1.82. The van der Waals surface area contributed by atoms with Crippen LogP contribution in [0.3, 0.4) is 0 Å². The maximum atomic E-state index is 12.9. The molecule has 1 saturated carbocycles. The van der Waals surface area contributed by atoms with E-state index in [1.807, 2.05) is 38.1 Å². The van der Waals surface area contributed by atoms with Crippen LogP contribution in [0.2, 0.25) is 0 Å². The van der Waals surface area contributed by atoms with Gasteiger partial charge in [-0.1, -0.05) is 24.3 Å². The predicted molar refractivity (Wildman–Crippen MR) is 76.0 cm³/mol. The third-order valence-corrected chi connectivity index (χ3v) is 5.37. The molecule has 3 aliphatic rings. The van der Waals surface area contributed by atoms with Crippen molar-refractivity contribution in [1.82, 2.24) is 0 Å². The molecular weight excluding hydrogens is 250 g/mol. The van der Waals surface area contributed by atoms with Gasteiger partial charge in [-0.05, 0) is 49.8 Å². The van der Waals surface area contributed by atoms with Crippen molar-refractivity contribution < 1.29 is 9.59 Å². The van der Waals surface area contributed by atoms with Gasteiger partial charge < -0.3 is 0 Å². The van der Waals surface area contributed by atoms with E-state index < -0.39 is 5.41 Å². The molecule has 0 N–H and O–H groups in total. The number of hydrogen-bond acceptors (Lipinski definition) is 2. The zero-order valence-electron chi connectivity index (χ0n) is 11.7. The normalized spacial score (nSPS) is 37.9. The first-order valence-corrected chi connectivity index (χ1v) is 7.17. The van der Waals surface area contributed by atoms with Crippen molar-refractivity contribution in [3.63, 3.8) is 0 Å². The number of fused-ring (bicyclic) bond motifs is 5. The first-order valence-electron chi connectivity index (χ1n) is 7.17. The van der Waals surface area contributed by atoms with Crippen molar-refractivity contribution in [2.75, 3.05) is 4.90 Å². The lowest BCUT2D eigenvalue weighted by molar-refractivity contribution is -0.127. The summed E-state index contributed by atoms with van der Waals surface area (Å²) in [7, 11) is 0. The molecule has 2 amide bonds. The molecule has 1 saturated heterocycles. The summed E-state index contributed by atoms with van der Waals surface area (Å²) < 4.78 is 0. The molecule has 2 fully saturated rings. The highest BCUT2D eigenvalue weighted by Gasteiger charge is 2.67. The third-order valence-electron chi connectivity index (χ3n) is 5.37. The van der Waals surface area contributed by atoms with E-state index in [9.17, 15) is 9.59 Å². The van der Waals surface area contributed by atoms with Crippen molar-refractivity contribution >= 4 is 17.5 Å². The first-order chi connectivity index (χ1) is 9.53. The fourth-order valence-corrected chi connectivity index (χ4v) is 4.32. The van der Waals surface area contributed by atoms with Crippen LogP contribution in [-0.4, -0.2) is 11.8 Å². The molecule has 0 spiro atoms. The number of imide groups is 1. The molecule has 0 radical (unpaired) electrons. The Bertz CT molecular complexity index is 663. The first kappa shape index (κ1) is 11.9. The van der Waals surface area contributed by atoms with Crippen LogP contribution < -0.4 is 4.90 Å². The van der Waals surface area contributed by atoms with E-state index in [0.717, 1.165) is 17.7 Å². The van der Waals surface area contributed by atoms with E-state index in [-0.39, 0.29) is 29.6 Å². The van der Waals surface area contributed by atoms with Gasteiger partial charge in [0.1, 0.15) is 0 Å². The zero-order chi connectivity index (χ0) is 14.1. The molecular formula is C17H17NO2. The molecule has 4 rings (SSSR count). The monoisotopic (exact) mass is 267 g/mol. The number of benzene rings is 1. The summed E-state index contributed by atoms with van der Waals surface area (Å²) in [5.41, 5.74) is 1.25. The second kappa shape index (κ2) is 3.60. The number of allylic oxidation sites excluding steroid dienone is 2. The average molecular weight is 267 g/mol. The maximum Gasteiger partial charge on any atom is 0.241 e. The molecule has 0 unspecified atom stereocenters. The molecule has 20 heavy (non-hydrogen) atoms. The van der Waals surface area contributed by atoms with E-state index in [4.69, 9.17) is 0 Å². The molecule has 1 aliphatic heterocycles.